The Hall–Kier alpha value is -1.47. The molecule has 1 saturated carbocycles. The monoisotopic (exact) mass is 314 g/mol. The number of hydrogen-bond acceptors (Lipinski definition) is 3. The van der Waals surface area contributed by atoms with Gasteiger partial charge in [-0.2, -0.15) is 0 Å². The number of rotatable bonds is 5. The standard InChI is InChI=1S/C14H19FN2O3S/c1-3-4-9-6-12(9)17-14(18)10-7-13(21(16,19)20)8(2)5-11(10)15/h5,7,9,12H,3-4,6H2,1-2H3,(H,17,18)(H2,16,19,20). The highest BCUT2D eigenvalue weighted by molar-refractivity contribution is 7.89. The Morgan fingerprint density at radius 2 is 2.14 bits per heavy atom. The number of primary sulfonamides is 1. The van der Waals surface area contributed by atoms with Crippen molar-refractivity contribution in [1.82, 2.24) is 5.32 Å². The predicted octanol–water partition coefficient (Wildman–Crippen LogP) is 1.70. The minimum atomic E-state index is -3.99. The van der Waals surface area contributed by atoms with Crippen molar-refractivity contribution >= 4 is 15.9 Å². The molecule has 0 heterocycles. The number of hydrogen-bond donors (Lipinski definition) is 2. The van der Waals surface area contributed by atoms with E-state index in [4.69, 9.17) is 5.14 Å². The zero-order valence-corrected chi connectivity index (χ0v) is 12.8. The van der Waals surface area contributed by atoms with Gasteiger partial charge in [-0.05, 0) is 43.4 Å². The van der Waals surface area contributed by atoms with Crippen molar-refractivity contribution in [3.63, 3.8) is 0 Å². The molecule has 5 nitrogen and oxygen atoms in total. The second-order valence-electron chi connectivity index (χ2n) is 5.51. The van der Waals surface area contributed by atoms with Gasteiger partial charge in [0.2, 0.25) is 10.0 Å². The molecule has 2 unspecified atom stereocenters. The van der Waals surface area contributed by atoms with Crippen LogP contribution in [0, 0.1) is 18.7 Å². The first kappa shape index (κ1) is 15.9. The van der Waals surface area contributed by atoms with Gasteiger partial charge in [-0.1, -0.05) is 13.3 Å². The third kappa shape index (κ3) is 3.59. The van der Waals surface area contributed by atoms with Crippen LogP contribution in [0.25, 0.3) is 0 Å². The second kappa shape index (κ2) is 5.73. The molecule has 0 aromatic heterocycles. The lowest BCUT2D eigenvalue weighted by molar-refractivity contribution is 0.0944. The second-order valence-corrected chi connectivity index (χ2v) is 7.04. The van der Waals surface area contributed by atoms with Crippen LogP contribution in [-0.2, 0) is 10.0 Å². The molecule has 116 valence electrons. The van der Waals surface area contributed by atoms with Gasteiger partial charge in [0.25, 0.3) is 5.91 Å². The van der Waals surface area contributed by atoms with E-state index in [2.05, 4.69) is 12.2 Å². The van der Waals surface area contributed by atoms with Gasteiger partial charge in [0, 0.05) is 6.04 Å². The average Bonchev–Trinajstić information content (AvgIpc) is 3.05. The van der Waals surface area contributed by atoms with Gasteiger partial charge in [0.15, 0.2) is 0 Å². The van der Waals surface area contributed by atoms with Gasteiger partial charge in [-0.3, -0.25) is 4.79 Å². The summed E-state index contributed by atoms with van der Waals surface area (Å²) in [5.41, 5.74) is -0.103. The minimum Gasteiger partial charge on any atom is -0.349 e. The summed E-state index contributed by atoms with van der Waals surface area (Å²) in [6.07, 6.45) is 2.93. The Morgan fingerprint density at radius 1 is 1.48 bits per heavy atom. The molecule has 1 aliphatic carbocycles. The molecule has 1 aromatic rings. The van der Waals surface area contributed by atoms with Crippen LogP contribution in [0.4, 0.5) is 4.39 Å². The zero-order valence-electron chi connectivity index (χ0n) is 12.0. The minimum absolute atomic E-state index is 0.0519. The number of carbonyl (C=O) groups is 1. The van der Waals surface area contributed by atoms with E-state index in [1.54, 1.807) is 0 Å². The SMILES string of the molecule is CCCC1CC1NC(=O)c1cc(S(N)(=O)=O)c(C)cc1F. The van der Waals surface area contributed by atoms with E-state index in [-0.39, 0.29) is 22.1 Å². The average molecular weight is 314 g/mol. The van der Waals surface area contributed by atoms with Gasteiger partial charge in [-0.25, -0.2) is 17.9 Å². The summed E-state index contributed by atoms with van der Waals surface area (Å²) in [5, 5.41) is 7.80. The van der Waals surface area contributed by atoms with Gasteiger partial charge in [0.1, 0.15) is 5.82 Å². The van der Waals surface area contributed by atoms with Gasteiger partial charge >= 0.3 is 0 Å². The van der Waals surface area contributed by atoms with Crippen molar-refractivity contribution in [2.75, 3.05) is 0 Å². The molecule has 1 aromatic carbocycles. The number of aryl methyl sites for hydroxylation is 1. The van der Waals surface area contributed by atoms with Crippen molar-refractivity contribution in [1.29, 1.82) is 0 Å². The van der Waals surface area contributed by atoms with Crippen molar-refractivity contribution < 1.29 is 17.6 Å². The molecular weight excluding hydrogens is 295 g/mol. The number of carbonyl (C=O) groups excluding carboxylic acids is 1. The molecule has 1 aliphatic rings. The van der Waals surface area contributed by atoms with Crippen molar-refractivity contribution in [2.45, 2.75) is 44.0 Å². The van der Waals surface area contributed by atoms with Crippen LogP contribution in [-0.4, -0.2) is 20.4 Å². The number of halogens is 1. The summed E-state index contributed by atoms with van der Waals surface area (Å²) in [6, 6.07) is 2.08. The third-order valence-corrected chi connectivity index (χ3v) is 4.77. The van der Waals surface area contributed by atoms with E-state index in [1.807, 2.05) is 0 Å². The Labute approximate surface area is 123 Å². The van der Waals surface area contributed by atoms with Crippen LogP contribution in [0.15, 0.2) is 17.0 Å². The van der Waals surface area contributed by atoms with E-state index in [0.29, 0.717) is 5.92 Å². The molecule has 0 saturated heterocycles. The Kier molecular flexibility index (Phi) is 4.34. The number of amides is 1. The summed E-state index contributed by atoms with van der Waals surface area (Å²) in [5.74, 6) is -0.906. The van der Waals surface area contributed by atoms with E-state index < -0.39 is 21.7 Å². The number of nitrogens with two attached hydrogens (primary N) is 1. The fourth-order valence-corrected chi connectivity index (χ4v) is 3.28. The molecule has 0 radical (unpaired) electrons. The lowest BCUT2D eigenvalue weighted by Crippen LogP contribution is -2.28. The normalized spacial score (nSPS) is 21.1. The molecule has 2 rings (SSSR count). The summed E-state index contributed by atoms with van der Waals surface area (Å²) in [7, 11) is -3.99. The molecule has 0 bridgehead atoms. The highest BCUT2D eigenvalue weighted by Gasteiger charge is 2.37. The molecule has 1 amide bonds. The fraction of sp³-hybridized carbons (Fsp3) is 0.500. The molecular formula is C14H19FN2O3S. The first-order valence-corrected chi connectivity index (χ1v) is 8.42. The maximum absolute atomic E-state index is 13.9. The highest BCUT2D eigenvalue weighted by Crippen LogP contribution is 2.34. The lowest BCUT2D eigenvalue weighted by atomic mass is 10.1. The van der Waals surface area contributed by atoms with Crippen molar-refractivity contribution in [3.8, 4) is 0 Å². The summed E-state index contributed by atoms with van der Waals surface area (Å²) >= 11 is 0. The summed E-state index contributed by atoms with van der Waals surface area (Å²) < 4.78 is 36.8. The van der Waals surface area contributed by atoms with E-state index in [9.17, 15) is 17.6 Å². The van der Waals surface area contributed by atoms with Gasteiger partial charge < -0.3 is 5.32 Å². The Bertz CT molecular complexity index is 673. The van der Waals surface area contributed by atoms with Crippen LogP contribution in [0.5, 0.6) is 0 Å². The summed E-state index contributed by atoms with van der Waals surface area (Å²) in [6.45, 7) is 3.50. The molecule has 0 spiro atoms. The van der Waals surface area contributed by atoms with Crippen LogP contribution >= 0.6 is 0 Å². The number of benzene rings is 1. The lowest BCUT2D eigenvalue weighted by Gasteiger charge is -2.09. The van der Waals surface area contributed by atoms with E-state index in [0.717, 1.165) is 31.4 Å². The molecule has 1 fully saturated rings. The summed E-state index contributed by atoms with van der Waals surface area (Å²) in [4.78, 5) is 11.8. The van der Waals surface area contributed by atoms with Crippen molar-refractivity contribution in [2.24, 2.45) is 11.1 Å². The maximum atomic E-state index is 13.9. The Balaban J connectivity index is 2.22. The molecule has 3 N–H and O–H groups in total. The first-order valence-electron chi connectivity index (χ1n) is 6.87. The topological polar surface area (TPSA) is 89.3 Å². The van der Waals surface area contributed by atoms with Gasteiger partial charge in [-0.15, -0.1) is 0 Å². The van der Waals surface area contributed by atoms with Crippen molar-refractivity contribution in [3.05, 3.63) is 29.1 Å². The van der Waals surface area contributed by atoms with E-state index in [1.165, 1.54) is 6.92 Å². The zero-order chi connectivity index (χ0) is 15.8. The van der Waals surface area contributed by atoms with Crippen LogP contribution < -0.4 is 10.5 Å². The highest BCUT2D eigenvalue weighted by atomic mass is 32.2. The third-order valence-electron chi connectivity index (χ3n) is 3.71. The molecule has 7 heteroatoms. The largest absolute Gasteiger partial charge is 0.349 e. The quantitative estimate of drug-likeness (QED) is 0.867. The van der Waals surface area contributed by atoms with Gasteiger partial charge in [0.05, 0.1) is 10.5 Å². The van der Waals surface area contributed by atoms with E-state index >= 15 is 0 Å². The number of sulfonamides is 1. The smallest absolute Gasteiger partial charge is 0.254 e. The molecule has 21 heavy (non-hydrogen) atoms. The fourth-order valence-electron chi connectivity index (χ4n) is 2.49. The first-order chi connectivity index (χ1) is 9.74. The number of nitrogens with one attached hydrogen (secondary N) is 1. The van der Waals surface area contributed by atoms with Crippen LogP contribution in [0.3, 0.4) is 0 Å². The maximum Gasteiger partial charge on any atom is 0.254 e. The predicted molar refractivity (Wildman–Crippen MR) is 76.8 cm³/mol. The molecule has 2 atom stereocenters. The van der Waals surface area contributed by atoms with Crippen LogP contribution in [0.2, 0.25) is 0 Å². The Morgan fingerprint density at radius 3 is 2.71 bits per heavy atom. The molecule has 0 aliphatic heterocycles. The van der Waals surface area contributed by atoms with Crippen LogP contribution in [0.1, 0.15) is 42.1 Å².